The standard InChI is InChI=1S/C20H29ClN2O3/c1-16-6-8-18(9-7-16)26-15-3-5-20(25)23-13-10-17(11-14-23)22-19(24)4-2-12-21/h6-9,17H,2-5,10-15H2,1H3,(H,22,24). The maximum absolute atomic E-state index is 12.3. The van der Waals surface area contributed by atoms with Crippen LogP contribution in [0.25, 0.3) is 0 Å². The Morgan fingerprint density at radius 3 is 2.50 bits per heavy atom. The van der Waals surface area contributed by atoms with Gasteiger partial charge < -0.3 is 15.0 Å². The number of hydrogen-bond acceptors (Lipinski definition) is 3. The molecule has 2 amide bonds. The number of hydrogen-bond donors (Lipinski definition) is 1. The van der Waals surface area contributed by atoms with E-state index < -0.39 is 0 Å². The van der Waals surface area contributed by atoms with Gasteiger partial charge in [0.2, 0.25) is 11.8 Å². The topological polar surface area (TPSA) is 58.6 Å². The summed E-state index contributed by atoms with van der Waals surface area (Å²) in [6, 6.07) is 8.09. The SMILES string of the molecule is Cc1ccc(OCCCC(=O)N2CCC(NC(=O)CCCCl)CC2)cc1. The molecule has 1 heterocycles. The van der Waals surface area contributed by atoms with Crippen LogP contribution in [0.2, 0.25) is 0 Å². The van der Waals surface area contributed by atoms with E-state index in [0.29, 0.717) is 51.3 Å². The van der Waals surface area contributed by atoms with E-state index in [1.54, 1.807) is 0 Å². The molecule has 6 heteroatoms. The molecule has 0 aliphatic carbocycles. The number of carbonyl (C=O) groups excluding carboxylic acids is 2. The lowest BCUT2D eigenvalue weighted by atomic mass is 10.0. The number of benzene rings is 1. The molecule has 2 rings (SSSR count). The average Bonchev–Trinajstić information content (AvgIpc) is 2.65. The molecule has 0 spiro atoms. The zero-order valence-electron chi connectivity index (χ0n) is 15.5. The number of nitrogens with zero attached hydrogens (tertiary/aromatic N) is 1. The molecular formula is C20H29ClN2O3. The van der Waals surface area contributed by atoms with Crippen molar-refractivity contribution >= 4 is 23.4 Å². The highest BCUT2D eigenvalue weighted by Gasteiger charge is 2.23. The molecule has 1 saturated heterocycles. The summed E-state index contributed by atoms with van der Waals surface area (Å²) in [4.78, 5) is 25.9. The number of likely N-dealkylation sites (tertiary alicyclic amines) is 1. The van der Waals surface area contributed by atoms with Crippen molar-refractivity contribution in [2.45, 2.75) is 51.5 Å². The lowest BCUT2D eigenvalue weighted by Crippen LogP contribution is -2.46. The molecule has 5 nitrogen and oxygen atoms in total. The quantitative estimate of drug-likeness (QED) is 0.528. The fraction of sp³-hybridized carbons (Fsp3) is 0.600. The molecule has 1 aromatic rings. The number of halogens is 1. The molecule has 0 aromatic heterocycles. The normalized spacial score (nSPS) is 14.9. The Labute approximate surface area is 161 Å². The molecule has 0 bridgehead atoms. The van der Waals surface area contributed by atoms with Crippen molar-refractivity contribution in [1.82, 2.24) is 10.2 Å². The lowest BCUT2D eigenvalue weighted by molar-refractivity contribution is -0.132. The highest BCUT2D eigenvalue weighted by atomic mass is 35.5. The van der Waals surface area contributed by atoms with Gasteiger partial charge in [-0.25, -0.2) is 0 Å². The summed E-state index contributed by atoms with van der Waals surface area (Å²) in [5.74, 6) is 1.58. The van der Waals surface area contributed by atoms with Crippen LogP contribution in [0.4, 0.5) is 0 Å². The molecule has 144 valence electrons. The Balaban J connectivity index is 1.59. The Morgan fingerprint density at radius 2 is 1.85 bits per heavy atom. The number of carbonyl (C=O) groups is 2. The maximum atomic E-state index is 12.3. The number of ether oxygens (including phenoxy) is 1. The Morgan fingerprint density at radius 1 is 1.15 bits per heavy atom. The van der Waals surface area contributed by atoms with Crippen LogP contribution < -0.4 is 10.1 Å². The second kappa shape index (κ2) is 11.1. The minimum atomic E-state index is 0.0590. The van der Waals surface area contributed by atoms with Crippen LogP contribution in [0, 0.1) is 6.92 Å². The fourth-order valence-electron chi connectivity index (χ4n) is 3.01. The Kier molecular flexibility index (Phi) is 8.75. The fourth-order valence-corrected chi connectivity index (χ4v) is 3.14. The van der Waals surface area contributed by atoms with Gasteiger partial charge in [0.05, 0.1) is 6.61 Å². The van der Waals surface area contributed by atoms with Crippen LogP contribution in [0.5, 0.6) is 5.75 Å². The van der Waals surface area contributed by atoms with E-state index in [1.807, 2.05) is 36.1 Å². The van der Waals surface area contributed by atoms with Crippen LogP contribution in [-0.4, -0.2) is 48.3 Å². The molecular weight excluding hydrogens is 352 g/mol. The van der Waals surface area contributed by atoms with Gasteiger partial charge in [-0.15, -0.1) is 11.6 Å². The zero-order chi connectivity index (χ0) is 18.8. The molecule has 0 saturated carbocycles. The van der Waals surface area contributed by atoms with Gasteiger partial charge in [0.15, 0.2) is 0 Å². The monoisotopic (exact) mass is 380 g/mol. The van der Waals surface area contributed by atoms with E-state index >= 15 is 0 Å². The van der Waals surface area contributed by atoms with Gasteiger partial charge in [-0.05, 0) is 44.7 Å². The summed E-state index contributed by atoms with van der Waals surface area (Å²) >= 11 is 5.60. The Hall–Kier alpha value is -1.75. The molecule has 1 N–H and O–H groups in total. The van der Waals surface area contributed by atoms with Gasteiger partial charge in [-0.1, -0.05) is 17.7 Å². The van der Waals surface area contributed by atoms with Crippen LogP contribution in [0.15, 0.2) is 24.3 Å². The highest BCUT2D eigenvalue weighted by molar-refractivity contribution is 6.17. The first kappa shape index (κ1) is 20.6. The molecule has 0 unspecified atom stereocenters. The summed E-state index contributed by atoms with van der Waals surface area (Å²) in [7, 11) is 0. The predicted molar refractivity (Wildman–Crippen MR) is 104 cm³/mol. The molecule has 0 radical (unpaired) electrons. The van der Waals surface area contributed by atoms with E-state index in [9.17, 15) is 9.59 Å². The summed E-state index contributed by atoms with van der Waals surface area (Å²) in [6.07, 6.45) is 4.02. The van der Waals surface area contributed by atoms with E-state index in [1.165, 1.54) is 5.56 Å². The van der Waals surface area contributed by atoms with Crippen LogP contribution in [0.3, 0.4) is 0 Å². The second-order valence-corrected chi connectivity index (χ2v) is 7.16. The van der Waals surface area contributed by atoms with Gasteiger partial charge in [0, 0.05) is 37.9 Å². The van der Waals surface area contributed by atoms with Gasteiger partial charge in [-0.3, -0.25) is 9.59 Å². The minimum Gasteiger partial charge on any atom is -0.494 e. The van der Waals surface area contributed by atoms with Crippen molar-refractivity contribution < 1.29 is 14.3 Å². The molecule has 1 fully saturated rings. The van der Waals surface area contributed by atoms with Crippen LogP contribution in [-0.2, 0) is 9.59 Å². The van der Waals surface area contributed by atoms with Crippen LogP contribution in [0.1, 0.15) is 44.1 Å². The van der Waals surface area contributed by atoms with Crippen molar-refractivity contribution in [2.75, 3.05) is 25.6 Å². The Bertz CT molecular complexity index is 569. The molecule has 26 heavy (non-hydrogen) atoms. The number of alkyl halides is 1. The van der Waals surface area contributed by atoms with Crippen LogP contribution >= 0.6 is 11.6 Å². The first-order valence-electron chi connectivity index (χ1n) is 9.41. The number of aryl methyl sites for hydroxylation is 1. The molecule has 1 aliphatic heterocycles. The minimum absolute atomic E-state index is 0.0590. The van der Waals surface area contributed by atoms with Gasteiger partial charge in [0.1, 0.15) is 5.75 Å². The lowest BCUT2D eigenvalue weighted by Gasteiger charge is -2.32. The molecule has 1 aliphatic rings. The average molecular weight is 381 g/mol. The first-order valence-corrected chi connectivity index (χ1v) is 9.94. The van der Waals surface area contributed by atoms with E-state index in [2.05, 4.69) is 5.32 Å². The number of nitrogens with one attached hydrogen (secondary N) is 1. The van der Waals surface area contributed by atoms with E-state index in [4.69, 9.17) is 16.3 Å². The third-order valence-corrected chi connectivity index (χ3v) is 4.84. The van der Waals surface area contributed by atoms with Gasteiger partial charge in [0.25, 0.3) is 0 Å². The highest BCUT2D eigenvalue weighted by Crippen LogP contribution is 2.14. The predicted octanol–water partition coefficient (Wildman–Crippen LogP) is 3.28. The third-order valence-electron chi connectivity index (χ3n) is 4.57. The maximum Gasteiger partial charge on any atom is 0.222 e. The smallest absolute Gasteiger partial charge is 0.222 e. The van der Waals surface area contributed by atoms with Crippen molar-refractivity contribution in [3.63, 3.8) is 0 Å². The summed E-state index contributed by atoms with van der Waals surface area (Å²) in [6.45, 7) is 4.00. The van der Waals surface area contributed by atoms with Gasteiger partial charge >= 0.3 is 0 Å². The summed E-state index contributed by atoms with van der Waals surface area (Å²) < 4.78 is 5.66. The van der Waals surface area contributed by atoms with Crippen molar-refractivity contribution in [3.8, 4) is 5.75 Å². The number of amides is 2. The van der Waals surface area contributed by atoms with Crippen molar-refractivity contribution in [2.24, 2.45) is 0 Å². The van der Waals surface area contributed by atoms with E-state index in [0.717, 1.165) is 18.6 Å². The number of rotatable bonds is 9. The molecule has 0 atom stereocenters. The third kappa shape index (κ3) is 7.24. The van der Waals surface area contributed by atoms with E-state index in [-0.39, 0.29) is 17.9 Å². The second-order valence-electron chi connectivity index (χ2n) is 6.78. The zero-order valence-corrected chi connectivity index (χ0v) is 16.3. The number of piperidine rings is 1. The summed E-state index contributed by atoms with van der Waals surface area (Å²) in [5, 5.41) is 3.03. The van der Waals surface area contributed by atoms with Gasteiger partial charge in [-0.2, -0.15) is 0 Å². The molecule has 1 aromatic carbocycles. The van der Waals surface area contributed by atoms with Crippen molar-refractivity contribution in [1.29, 1.82) is 0 Å². The largest absolute Gasteiger partial charge is 0.494 e. The first-order chi connectivity index (χ1) is 12.6. The van der Waals surface area contributed by atoms with Crippen molar-refractivity contribution in [3.05, 3.63) is 29.8 Å². The summed E-state index contributed by atoms with van der Waals surface area (Å²) in [5.41, 5.74) is 1.20.